The van der Waals surface area contributed by atoms with Gasteiger partial charge in [0, 0.05) is 11.6 Å². The maximum absolute atomic E-state index is 12.7. The van der Waals surface area contributed by atoms with Crippen LogP contribution in [0.4, 0.5) is 8.78 Å². The summed E-state index contributed by atoms with van der Waals surface area (Å²) in [5.41, 5.74) is -0.442. The van der Waals surface area contributed by atoms with E-state index in [-0.39, 0.29) is 27.3 Å². The highest BCUT2D eigenvalue weighted by molar-refractivity contribution is 14.1. The first-order chi connectivity index (χ1) is 8.01. The van der Waals surface area contributed by atoms with Gasteiger partial charge < -0.3 is 9.47 Å². The van der Waals surface area contributed by atoms with Crippen molar-refractivity contribution < 1.29 is 23.0 Å². The minimum absolute atomic E-state index is 0.0382. The fourth-order valence-electron chi connectivity index (χ4n) is 1.12. The van der Waals surface area contributed by atoms with Crippen molar-refractivity contribution in [2.75, 3.05) is 13.7 Å². The predicted octanol–water partition coefficient (Wildman–Crippen LogP) is 2.81. The van der Waals surface area contributed by atoms with Crippen LogP contribution in [0.2, 0.25) is 0 Å². The number of nitrogens with zero attached hydrogens (tertiary/aromatic N) is 1. The number of aromatic nitrogens is 1. The molecule has 0 amide bonds. The molecular formula is C10H10F2INO3. The fourth-order valence-corrected chi connectivity index (χ4v) is 1.85. The second-order valence-corrected chi connectivity index (χ2v) is 4.02. The molecule has 94 valence electrons. The van der Waals surface area contributed by atoms with Crippen molar-refractivity contribution in [3.8, 4) is 5.88 Å². The lowest BCUT2D eigenvalue weighted by atomic mass is 10.2. The van der Waals surface area contributed by atoms with Crippen LogP contribution in [0.15, 0.2) is 6.07 Å². The van der Waals surface area contributed by atoms with Gasteiger partial charge in [-0.3, -0.25) is 0 Å². The Morgan fingerprint density at radius 1 is 1.59 bits per heavy atom. The van der Waals surface area contributed by atoms with E-state index in [1.807, 2.05) is 0 Å². The van der Waals surface area contributed by atoms with Gasteiger partial charge in [0.15, 0.2) is 5.69 Å². The van der Waals surface area contributed by atoms with Gasteiger partial charge in [-0.2, -0.15) is 0 Å². The van der Waals surface area contributed by atoms with Crippen molar-refractivity contribution in [2.24, 2.45) is 0 Å². The van der Waals surface area contributed by atoms with E-state index >= 15 is 0 Å². The molecule has 0 spiro atoms. The van der Waals surface area contributed by atoms with Gasteiger partial charge in [-0.15, -0.1) is 0 Å². The molecule has 4 nitrogen and oxygen atoms in total. The van der Waals surface area contributed by atoms with Gasteiger partial charge in [-0.25, -0.2) is 18.6 Å². The molecule has 1 aromatic heterocycles. The first kappa shape index (κ1) is 14.1. The molecule has 0 bridgehead atoms. The molecule has 0 saturated heterocycles. The first-order valence-electron chi connectivity index (χ1n) is 4.71. The lowest BCUT2D eigenvalue weighted by molar-refractivity contribution is 0.0516. The number of hydrogen-bond acceptors (Lipinski definition) is 4. The highest BCUT2D eigenvalue weighted by atomic mass is 127. The van der Waals surface area contributed by atoms with Gasteiger partial charge in [0.2, 0.25) is 5.88 Å². The molecule has 0 saturated carbocycles. The molecule has 0 N–H and O–H groups in total. The van der Waals surface area contributed by atoms with Crippen LogP contribution in [0, 0.1) is 3.57 Å². The molecule has 0 radical (unpaired) electrons. The van der Waals surface area contributed by atoms with Gasteiger partial charge in [-0.05, 0) is 29.5 Å². The van der Waals surface area contributed by atoms with Gasteiger partial charge in [0.1, 0.15) is 0 Å². The normalized spacial score (nSPS) is 10.5. The van der Waals surface area contributed by atoms with Crippen LogP contribution >= 0.6 is 22.6 Å². The third-order valence-corrected chi connectivity index (χ3v) is 3.01. The summed E-state index contributed by atoms with van der Waals surface area (Å²) in [7, 11) is 1.29. The van der Waals surface area contributed by atoms with E-state index in [1.165, 1.54) is 7.11 Å². The molecule has 1 rings (SSSR count). The summed E-state index contributed by atoms with van der Waals surface area (Å²) in [6.07, 6.45) is -2.70. The molecule has 0 unspecified atom stereocenters. The molecule has 0 aromatic carbocycles. The lowest BCUT2D eigenvalue weighted by Gasteiger charge is -2.10. The Balaban J connectivity index is 3.28. The monoisotopic (exact) mass is 357 g/mol. The SMILES string of the molecule is CCOC(=O)c1nc(OC)cc(C(F)F)c1I. The quantitative estimate of drug-likeness (QED) is 0.614. The zero-order valence-electron chi connectivity index (χ0n) is 9.17. The van der Waals surface area contributed by atoms with Crippen molar-refractivity contribution in [1.29, 1.82) is 0 Å². The second-order valence-electron chi connectivity index (χ2n) is 2.94. The number of halogens is 3. The zero-order chi connectivity index (χ0) is 13.0. The minimum Gasteiger partial charge on any atom is -0.481 e. The number of pyridine rings is 1. The molecule has 7 heteroatoms. The van der Waals surface area contributed by atoms with Crippen LogP contribution in [0.25, 0.3) is 0 Å². The first-order valence-corrected chi connectivity index (χ1v) is 5.78. The van der Waals surface area contributed by atoms with E-state index in [9.17, 15) is 13.6 Å². The highest BCUT2D eigenvalue weighted by Crippen LogP contribution is 2.29. The largest absolute Gasteiger partial charge is 0.481 e. The molecule has 0 aliphatic carbocycles. The number of hydrogen-bond donors (Lipinski definition) is 0. The Hall–Kier alpha value is -0.990. The maximum Gasteiger partial charge on any atom is 0.358 e. The second kappa shape index (κ2) is 6.08. The van der Waals surface area contributed by atoms with Crippen LogP contribution < -0.4 is 4.74 Å². The predicted molar refractivity (Wildman–Crippen MR) is 64.4 cm³/mol. The third-order valence-electron chi connectivity index (χ3n) is 1.88. The van der Waals surface area contributed by atoms with Crippen LogP contribution in [0.5, 0.6) is 5.88 Å². The Labute approximate surface area is 110 Å². The van der Waals surface area contributed by atoms with E-state index in [1.54, 1.807) is 29.5 Å². The Bertz CT molecular complexity index is 426. The van der Waals surface area contributed by atoms with E-state index in [2.05, 4.69) is 4.98 Å². The van der Waals surface area contributed by atoms with E-state index in [4.69, 9.17) is 9.47 Å². The van der Waals surface area contributed by atoms with E-state index < -0.39 is 12.4 Å². The van der Waals surface area contributed by atoms with Crippen LogP contribution in [-0.2, 0) is 4.74 Å². The van der Waals surface area contributed by atoms with E-state index in [0.29, 0.717) is 0 Å². The summed E-state index contributed by atoms with van der Waals surface area (Å²) < 4.78 is 35.1. The van der Waals surface area contributed by atoms with Gasteiger partial charge >= 0.3 is 5.97 Å². The topological polar surface area (TPSA) is 48.4 Å². The standard InChI is InChI=1S/C10H10F2INO3/c1-3-17-10(15)8-7(13)5(9(11)12)4-6(14-8)16-2/h4,9H,3H2,1-2H3. The third kappa shape index (κ3) is 3.24. The summed E-state index contributed by atoms with van der Waals surface area (Å²) in [4.78, 5) is 15.3. The van der Waals surface area contributed by atoms with Crippen LogP contribution in [0.3, 0.4) is 0 Å². The summed E-state index contributed by atoms with van der Waals surface area (Å²) in [5, 5.41) is 0. The average molecular weight is 357 g/mol. The molecular weight excluding hydrogens is 347 g/mol. The summed E-state index contributed by atoms with van der Waals surface area (Å²) in [6.45, 7) is 1.77. The van der Waals surface area contributed by atoms with E-state index in [0.717, 1.165) is 6.07 Å². The smallest absolute Gasteiger partial charge is 0.358 e. The van der Waals surface area contributed by atoms with Gasteiger partial charge in [0.25, 0.3) is 6.43 Å². The van der Waals surface area contributed by atoms with Crippen LogP contribution in [0.1, 0.15) is 29.4 Å². The van der Waals surface area contributed by atoms with Crippen molar-refractivity contribution in [1.82, 2.24) is 4.98 Å². The molecule has 1 aromatic rings. The number of carbonyl (C=O) groups is 1. The van der Waals surface area contributed by atoms with Crippen molar-refractivity contribution in [3.63, 3.8) is 0 Å². The lowest BCUT2D eigenvalue weighted by Crippen LogP contribution is -2.12. The number of carbonyl (C=O) groups excluding carboxylic acids is 1. The molecule has 0 aliphatic rings. The molecule has 17 heavy (non-hydrogen) atoms. The van der Waals surface area contributed by atoms with Crippen molar-refractivity contribution in [3.05, 3.63) is 20.9 Å². The fraction of sp³-hybridized carbons (Fsp3) is 0.400. The van der Waals surface area contributed by atoms with Crippen molar-refractivity contribution in [2.45, 2.75) is 13.3 Å². The number of methoxy groups -OCH3 is 1. The number of rotatable bonds is 4. The summed E-state index contributed by atoms with van der Waals surface area (Å²) in [6, 6.07) is 1.11. The number of alkyl halides is 2. The molecule has 0 atom stereocenters. The summed E-state index contributed by atoms with van der Waals surface area (Å²) >= 11 is 1.65. The summed E-state index contributed by atoms with van der Waals surface area (Å²) in [5.74, 6) is -0.776. The number of ether oxygens (including phenoxy) is 2. The zero-order valence-corrected chi connectivity index (χ0v) is 11.3. The highest BCUT2D eigenvalue weighted by Gasteiger charge is 2.22. The van der Waals surface area contributed by atoms with Crippen LogP contribution in [-0.4, -0.2) is 24.7 Å². The Morgan fingerprint density at radius 3 is 2.71 bits per heavy atom. The minimum atomic E-state index is -2.70. The van der Waals surface area contributed by atoms with Gasteiger partial charge in [0.05, 0.1) is 17.3 Å². The Morgan fingerprint density at radius 2 is 2.24 bits per heavy atom. The molecule has 0 aliphatic heterocycles. The molecule has 1 heterocycles. The Kier molecular flexibility index (Phi) is 5.03. The molecule has 0 fully saturated rings. The van der Waals surface area contributed by atoms with Crippen molar-refractivity contribution >= 4 is 28.6 Å². The van der Waals surface area contributed by atoms with Gasteiger partial charge in [-0.1, -0.05) is 0 Å². The number of esters is 1. The average Bonchev–Trinajstić information content (AvgIpc) is 2.29. The maximum atomic E-state index is 12.7.